The number of hydrogen-bond donors (Lipinski definition) is 0. The summed E-state index contributed by atoms with van der Waals surface area (Å²) in [6.07, 6.45) is 5.97. The Morgan fingerprint density at radius 3 is 2.69 bits per heavy atom. The van der Waals surface area contributed by atoms with E-state index in [1.54, 1.807) is 23.2 Å². The number of likely N-dealkylation sites (tertiary alicyclic amines) is 1. The van der Waals surface area contributed by atoms with Crippen LogP contribution in [0.4, 0.5) is 19.0 Å². The molecule has 15 heteroatoms. The molecule has 3 aliphatic heterocycles. The number of alkyl halides is 2. The molecule has 0 radical (unpaired) electrons. The van der Waals surface area contributed by atoms with Crippen molar-refractivity contribution in [1.82, 2.24) is 34.9 Å². The lowest BCUT2D eigenvalue weighted by atomic mass is 9.95. The van der Waals surface area contributed by atoms with Gasteiger partial charge in [-0.15, -0.1) is 0 Å². The van der Waals surface area contributed by atoms with Gasteiger partial charge in [0.05, 0.1) is 10.9 Å². The number of carbonyl (C=O) groups is 1. The van der Waals surface area contributed by atoms with E-state index in [9.17, 15) is 13.6 Å². The Balaban J connectivity index is 1.12. The van der Waals surface area contributed by atoms with Crippen molar-refractivity contribution in [2.75, 3.05) is 44.7 Å². The van der Waals surface area contributed by atoms with E-state index in [4.69, 9.17) is 25.8 Å². The Morgan fingerprint density at radius 1 is 1.14 bits per heavy atom. The standard InChI is InChI=1S/C36H34ClF3N8O3/c1-46(22-12-17-47(19-22)27(49)11-10-26-42-33(32(39)40)45-51-26)34-24-18-41-30(23-8-2-6-21-7-3-9-25(37)28(21)23)29(38)31(24)43-35(44-34)50-20-36-13-4-15-48(36)16-5-14-36/h2-3,6-11,18,22,32H,4-5,12-17,19-20H2,1H3/b11-10+/t22-/m1/s1. The minimum Gasteiger partial charge on any atom is -0.461 e. The number of hydrogen-bond acceptors (Lipinski definition) is 10. The summed E-state index contributed by atoms with van der Waals surface area (Å²) >= 11 is 6.62. The van der Waals surface area contributed by atoms with Gasteiger partial charge in [0.15, 0.2) is 5.82 Å². The van der Waals surface area contributed by atoms with Crippen molar-refractivity contribution < 1.29 is 27.2 Å². The minimum absolute atomic E-state index is 0.0692. The van der Waals surface area contributed by atoms with Crippen LogP contribution < -0.4 is 9.64 Å². The van der Waals surface area contributed by atoms with Crippen LogP contribution in [-0.4, -0.2) is 92.2 Å². The third-order valence-corrected chi connectivity index (χ3v) is 10.7. The van der Waals surface area contributed by atoms with Gasteiger partial charge in [0, 0.05) is 60.5 Å². The van der Waals surface area contributed by atoms with Crippen molar-refractivity contribution in [2.24, 2.45) is 0 Å². The lowest BCUT2D eigenvalue weighted by Gasteiger charge is -2.31. The third kappa shape index (κ3) is 6.13. The van der Waals surface area contributed by atoms with Gasteiger partial charge in [0.1, 0.15) is 23.6 Å². The maximum atomic E-state index is 16.8. The zero-order valence-electron chi connectivity index (χ0n) is 27.7. The Labute approximate surface area is 296 Å². The molecule has 3 aliphatic rings. The first-order valence-electron chi connectivity index (χ1n) is 16.9. The van der Waals surface area contributed by atoms with E-state index in [0.29, 0.717) is 53.3 Å². The number of fused-ring (bicyclic) bond motifs is 3. The highest BCUT2D eigenvalue weighted by atomic mass is 35.5. The number of likely N-dealkylation sites (N-methyl/N-ethyl adjacent to an activating group) is 1. The van der Waals surface area contributed by atoms with Crippen LogP contribution >= 0.6 is 11.6 Å². The number of rotatable bonds is 9. The highest BCUT2D eigenvalue weighted by molar-refractivity contribution is 6.36. The topological polar surface area (TPSA) is 114 Å². The molecule has 0 aliphatic carbocycles. The molecular formula is C36H34ClF3N8O3. The van der Waals surface area contributed by atoms with Gasteiger partial charge in [-0.1, -0.05) is 47.1 Å². The zero-order chi connectivity index (χ0) is 35.3. The lowest BCUT2D eigenvalue weighted by Crippen LogP contribution is -2.43. The molecule has 51 heavy (non-hydrogen) atoms. The predicted molar refractivity (Wildman–Crippen MR) is 185 cm³/mol. The number of carbonyl (C=O) groups excluding carboxylic acids is 1. The quantitative estimate of drug-likeness (QED) is 0.152. The molecule has 11 nitrogen and oxygen atoms in total. The summed E-state index contributed by atoms with van der Waals surface area (Å²) in [6, 6.07) is 11.0. The molecule has 2 aromatic carbocycles. The minimum atomic E-state index is -2.88. The van der Waals surface area contributed by atoms with Crippen molar-refractivity contribution in [3.63, 3.8) is 0 Å². The highest BCUT2D eigenvalue weighted by Gasteiger charge is 2.45. The van der Waals surface area contributed by atoms with E-state index < -0.39 is 18.1 Å². The Bertz CT molecular complexity index is 2150. The van der Waals surface area contributed by atoms with Crippen molar-refractivity contribution in [3.8, 4) is 17.3 Å². The van der Waals surface area contributed by atoms with E-state index >= 15 is 4.39 Å². The van der Waals surface area contributed by atoms with Crippen LogP contribution in [0.3, 0.4) is 0 Å². The summed E-state index contributed by atoms with van der Waals surface area (Å²) in [5, 5.41) is 5.64. The molecule has 1 amide bonds. The van der Waals surface area contributed by atoms with Crippen LogP contribution in [0, 0.1) is 5.82 Å². The monoisotopic (exact) mass is 718 g/mol. The fraction of sp³-hybridized carbons (Fsp3) is 0.389. The Kier molecular flexibility index (Phi) is 8.75. The van der Waals surface area contributed by atoms with Gasteiger partial charge in [0.2, 0.25) is 11.7 Å². The highest BCUT2D eigenvalue weighted by Crippen LogP contribution is 2.40. The van der Waals surface area contributed by atoms with Gasteiger partial charge in [0.25, 0.3) is 5.89 Å². The predicted octanol–water partition coefficient (Wildman–Crippen LogP) is 6.72. The molecule has 3 aromatic heterocycles. The molecule has 0 spiro atoms. The largest absolute Gasteiger partial charge is 0.461 e. The van der Waals surface area contributed by atoms with Gasteiger partial charge < -0.3 is 19.1 Å². The molecule has 1 atom stereocenters. The van der Waals surface area contributed by atoms with Crippen molar-refractivity contribution in [2.45, 2.75) is 50.1 Å². The van der Waals surface area contributed by atoms with Gasteiger partial charge in [-0.05, 0) is 56.6 Å². The van der Waals surface area contributed by atoms with E-state index in [0.717, 1.165) is 44.2 Å². The van der Waals surface area contributed by atoms with Crippen LogP contribution in [-0.2, 0) is 4.79 Å². The molecule has 5 aromatic rings. The average Bonchev–Trinajstić information content (AvgIpc) is 3.95. The molecule has 3 fully saturated rings. The molecule has 0 N–H and O–H groups in total. The maximum absolute atomic E-state index is 16.8. The molecule has 0 unspecified atom stereocenters. The number of pyridine rings is 1. The molecule has 264 valence electrons. The molecule has 0 saturated carbocycles. The van der Waals surface area contributed by atoms with Crippen molar-refractivity contribution >= 4 is 51.1 Å². The first-order chi connectivity index (χ1) is 24.7. The summed E-state index contributed by atoms with van der Waals surface area (Å²) in [5.41, 5.74) is 0.652. The summed E-state index contributed by atoms with van der Waals surface area (Å²) in [4.78, 5) is 36.7. The smallest absolute Gasteiger partial charge is 0.319 e. The van der Waals surface area contributed by atoms with Crippen LogP contribution in [0.25, 0.3) is 39.0 Å². The number of benzene rings is 2. The van der Waals surface area contributed by atoms with Crippen molar-refractivity contribution in [1.29, 1.82) is 0 Å². The SMILES string of the molecule is CN(c1nc(OCC23CCCN2CCC3)nc2c(F)c(-c3cccc4cccc(Cl)c34)ncc12)[C@@H]1CCN(C(=O)/C=C/c2nc(C(F)F)no2)C1. The second kappa shape index (κ2) is 13.4. The normalized spacial score (nSPS) is 18.9. The fourth-order valence-electron chi connectivity index (χ4n) is 7.78. The van der Waals surface area contributed by atoms with Crippen LogP contribution in [0.1, 0.15) is 50.2 Å². The number of anilines is 1. The fourth-order valence-corrected chi connectivity index (χ4v) is 8.06. The number of aromatic nitrogens is 5. The van der Waals surface area contributed by atoms with E-state index in [-0.39, 0.29) is 40.6 Å². The Hall–Kier alpha value is -4.82. The number of ether oxygens (including phenoxy) is 1. The van der Waals surface area contributed by atoms with Crippen molar-refractivity contribution in [3.05, 3.63) is 71.2 Å². The second-order valence-corrected chi connectivity index (χ2v) is 13.7. The van der Waals surface area contributed by atoms with E-state index in [2.05, 4.69) is 25.0 Å². The summed E-state index contributed by atoms with van der Waals surface area (Å²) in [5.74, 6) is -1.47. The van der Waals surface area contributed by atoms with Crippen LogP contribution in [0.2, 0.25) is 5.02 Å². The van der Waals surface area contributed by atoms with Crippen LogP contribution in [0.5, 0.6) is 6.01 Å². The number of halogens is 4. The number of amides is 1. The van der Waals surface area contributed by atoms with Gasteiger partial charge >= 0.3 is 12.4 Å². The average molecular weight is 719 g/mol. The summed E-state index contributed by atoms with van der Waals surface area (Å²) in [6.45, 7) is 3.22. The molecular weight excluding hydrogens is 685 g/mol. The molecule has 6 heterocycles. The van der Waals surface area contributed by atoms with Gasteiger partial charge in [-0.3, -0.25) is 14.7 Å². The van der Waals surface area contributed by atoms with E-state index in [1.165, 1.54) is 12.2 Å². The van der Waals surface area contributed by atoms with E-state index in [1.807, 2.05) is 36.2 Å². The van der Waals surface area contributed by atoms with Gasteiger partial charge in [-0.25, -0.2) is 13.2 Å². The molecule has 0 bridgehead atoms. The number of nitrogens with zero attached hydrogens (tertiary/aromatic N) is 8. The van der Waals surface area contributed by atoms with Crippen LogP contribution in [0.15, 0.2) is 53.2 Å². The first kappa shape index (κ1) is 33.3. The zero-order valence-corrected chi connectivity index (χ0v) is 28.5. The lowest BCUT2D eigenvalue weighted by molar-refractivity contribution is -0.124. The van der Waals surface area contributed by atoms with Gasteiger partial charge in [-0.2, -0.15) is 15.0 Å². The summed E-state index contributed by atoms with van der Waals surface area (Å²) < 4.78 is 53.6. The molecule has 8 rings (SSSR count). The maximum Gasteiger partial charge on any atom is 0.319 e. The third-order valence-electron chi connectivity index (χ3n) is 10.4. The first-order valence-corrected chi connectivity index (χ1v) is 17.3. The molecule has 3 saturated heterocycles. The second-order valence-electron chi connectivity index (χ2n) is 13.3. The Morgan fingerprint density at radius 2 is 1.92 bits per heavy atom. The summed E-state index contributed by atoms with van der Waals surface area (Å²) in [7, 11) is 1.84.